The largest absolute Gasteiger partial charge is 0.501 e. The lowest BCUT2D eigenvalue weighted by atomic mass is 9.86. The zero-order chi connectivity index (χ0) is 49.8. The van der Waals surface area contributed by atoms with Gasteiger partial charge in [0.05, 0.1) is 11.6 Å². The first-order valence-corrected chi connectivity index (χ1v) is 23.6. The van der Waals surface area contributed by atoms with Crippen molar-refractivity contribution >= 4 is 17.7 Å². The molecule has 5 heterocycles. The maximum atomic E-state index is 13.6. The number of aryl methyl sites for hydroxylation is 2. The van der Waals surface area contributed by atoms with E-state index in [4.69, 9.17) is 4.42 Å². The monoisotopic (exact) mass is 957 g/mol. The van der Waals surface area contributed by atoms with Crippen LogP contribution in [0, 0.1) is 25.6 Å². The second-order valence-corrected chi connectivity index (χ2v) is 19.3. The fourth-order valence-corrected chi connectivity index (χ4v) is 9.89. The van der Waals surface area contributed by atoms with Gasteiger partial charge >= 0.3 is 11.8 Å². The Morgan fingerprint density at radius 1 is 0.899 bits per heavy atom. The molecule has 4 atom stereocenters. The van der Waals surface area contributed by atoms with Crippen molar-refractivity contribution in [3.63, 3.8) is 0 Å². The highest BCUT2D eigenvalue weighted by atomic mass is 19.3. The number of benzene rings is 2. The van der Waals surface area contributed by atoms with Crippen LogP contribution in [0.3, 0.4) is 0 Å². The molecule has 20 heteroatoms. The predicted octanol–water partition coefficient (Wildman–Crippen LogP) is 6.86. The molecule has 3 aromatic heterocycles. The van der Waals surface area contributed by atoms with Crippen molar-refractivity contribution in [1.29, 1.82) is 0 Å². The van der Waals surface area contributed by atoms with Crippen LogP contribution in [0.2, 0.25) is 0 Å². The molecule has 2 aliphatic heterocycles. The number of hydrogen-bond donors (Lipinski definition) is 4. The molecule has 8 rings (SSSR count). The molecule has 69 heavy (non-hydrogen) atoms. The van der Waals surface area contributed by atoms with Crippen LogP contribution in [-0.2, 0) is 23.9 Å². The molecule has 1 saturated carbocycles. The molecule has 0 spiro atoms. The van der Waals surface area contributed by atoms with Crippen LogP contribution >= 0.6 is 0 Å². The molecular weight excluding hydrogens is 896 g/mol. The lowest BCUT2D eigenvalue weighted by Gasteiger charge is -2.40. The summed E-state index contributed by atoms with van der Waals surface area (Å²) in [5, 5.41) is 34.7. The topological polar surface area (TPSA) is 215 Å². The van der Waals surface area contributed by atoms with Crippen molar-refractivity contribution < 1.29 is 37.1 Å². The van der Waals surface area contributed by atoms with Gasteiger partial charge in [-0.3, -0.25) is 28.6 Å². The van der Waals surface area contributed by atoms with Crippen LogP contribution < -0.4 is 21.5 Å². The van der Waals surface area contributed by atoms with Crippen LogP contribution in [0.25, 0.3) is 0 Å². The first-order valence-electron chi connectivity index (χ1n) is 23.6. The summed E-state index contributed by atoms with van der Waals surface area (Å²) in [7, 11) is 1.34. The zero-order valence-electron chi connectivity index (χ0n) is 40.1. The summed E-state index contributed by atoms with van der Waals surface area (Å²) < 4.78 is 48.8. The second-order valence-electron chi connectivity index (χ2n) is 19.3. The summed E-state index contributed by atoms with van der Waals surface area (Å²) in [6.45, 7) is 12.0. The lowest BCUT2D eigenvalue weighted by Crippen LogP contribution is -2.46. The molecular formula is C49H62F3N11O6. The molecule has 1 aliphatic carbocycles. The number of rotatable bonds is 14. The quantitative estimate of drug-likeness (QED) is 0.0898. The Morgan fingerprint density at radius 2 is 1.55 bits per heavy atom. The minimum absolute atomic E-state index is 0.00294. The molecule has 0 radical (unpaired) electrons. The Balaban J connectivity index is 0.000000206. The number of hydrogen-bond acceptors (Lipinski definition) is 12. The minimum Gasteiger partial charge on any atom is -0.501 e. The van der Waals surface area contributed by atoms with E-state index in [2.05, 4.69) is 83.7 Å². The Morgan fingerprint density at radius 3 is 2.16 bits per heavy atom. The van der Waals surface area contributed by atoms with Crippen molar-refractivity contribution in [2.24, 2.45) is 13.0 Å². The second kappa shape index (κ2) is 21.1. The SMILES string of the molecule is Cc1nnc(C(=O)NC(C)(C)c2nc(C(=O)NCc3ccc(F)cc3)c(O)c(=O)n2C)o1.Cc1nnc(C(C)C)n1C1C[C@H]2CC[C@@H](C1)N2CC[C@H](NC(=O)C1CCC(F)(F)CC1)c1ccccc1. The predicted molar refractivity (Wildman–Crippen MR) is 248 cm³/mol. The van der Waals surface area contributed by atoms with E-state index in [-0.39, 0.29) is 67.7 Å². The van der Waals surface area contributed by atoms with Gasteiger partial charge in [0.15, 0.2) is 5.69 Å². The molecule has 5 aromatic rings. The fourth-order valence-electron chi connectivity index (χ4n) is 9.89. The Kier molecular flexibility index (Phi) is 15.4. The van der Waals surface area contributed by atoms with E-state index >= 15 is 0 Å². The zero-order valence-corrected chi connectivity index (χ0v) is 40.1. The molecule has 3 amide bonds. The van der Waals surface area contributed by atoms with E-state index in [1.54, 1.807) is 13.8 Å². The molecule has 4 N–H and O–H groups in total. The van der Waals surface area contributed by atoms with Crippen molar-refractivity contribution in [3.05, 3.63) is 117 Å². The maximum Gasteiger partial charge on any atom is 0.309 e. The normalized spacial score (nSPS) is 19.7. The number of fused-ring (bicyclic) bond motifs is 2. The molecule has 2 saturated heterocycles. The van der Waals surface area contributed by atoms with Crippen LogP contribution in [-0.4, -0.2) is 86.8 Å². The van der Waals surface area contributed by atoms with Crippen molar-refractivity contribution in [3.8, 4) is 5.75 Å². The molecule has 2 aromatic carbocycles. The van der Waals surface area contributed by atoms with Crippen molar-refractivity contribution in [2.45, 2.75) is 147 Å². The lowest BCUT2D eigenvalue weighted by molar-refractivity contribution is -0.130. The van der Waals surface area contributed by atoms with Crippen LogP contribution in [0.15, 0.2) is 63.8 Å². The summed E-state index contributed by atoms with van der Waals surface area (Å²) in [5.41, 5.74) is -0.974. The number of alkyl halides is 2. The van der Waals surface area contributed by atoms with Gasteiger partial charge in [0, 0.05) is 69.9 Å². The number of piperidine rings is 1. The van der Waals surface area contributed by atoms with Gasteiger partial charge in [-0.1, -0.05) is 56.3 Å². The fraction of sp³-hybridized carbons (Fsp3) is 0.531. The Bertz CT molecular complexity index is 2650. The van der Waals surface area contributed by atoms with E-state index in [1.807, 2.05) is 18.2 Å². The smallest absolute Gasteiger partial charge is 0.309 e. The van der Waals surface area contributed by atoms with E-state index < -0.39 is 46.1 Å². The van der Waals surface area contributed by atoms with Crippen LogP contribution in [0.1, 0.15) is 159 Å². The standard InChI is InChI=1S/C29H41F2N5O.C20H21FN6O5/c1-19(2)27-34-33-20(3)36(27)25-17-23-9-10-24(18-25)35(23)16-13-26(21-7-5-4-6-8-21)32-28(37)22-11-14-29(30,31)15-12-22;1-10-25-26-17(32-10)16(30)24-20(2,3)19-23-13(14(28)18(31)27(19)4)15(29)22-9-11-5-7-12(21)8-6-11/h4-8,19,22-26H,9-18H2,1-3H3,(H,32,37);5-8,28H,9H2,1-4H3,(H,22,29)(H,24,30)/t23-,24+,25?,26-;/m0./s1. The van der Waals surface area contributed by atoms with Crippen LogP contribution in [0.5, 0.6) is 5.75 Å². The molecule has 370 valence electrons. The van der Waals surface area contributed by atoms with Gasteiger partial charge in [-0.05, 0) is 89.0 Å². The summed E-state index contributed by atoms with van der Waals surface area (Å²) in [6.07, 6.45) is 5.59. The van der Waals surface area contributed by atoms with Gasteiger partial charge in [-0.2, -0.15) is 0 Å². The number of aromatic nitrogens is 7. The summed E-state index contributed by atoms with van der Waals surface area (Å²) in [4.78, 5) is 57.5. The third kappa shape index (κ3) is 11.9. The number of nitrogens with zero attached hydrogens (tertiary/aromatic N) is 8. The van der Waals surface area contributed by atoms with Gasteiger partial charge in [0.2, 0.25) is 23.5 Å². The van der Waals surface area contributed by atoms with Gasteiger partial charge in [0.25, 0.3) is 11.5 Å². The number of aromatic hydroxyl groups is 1. The van der Waals surface area contributed by atoms with Gasteiger partial charge in [0.1, 0.15) is 23.3 Å². The summed E-state index contributed by atoms with van der Waals surface area (Å²) in [5.74, 6) is -3.45. The Labute approximate surface area is 398 Å². The van der Waals surface area contributed by atoms with E-state index in [1.165, 1.54) is 51.1 Å². The maximum absolute atomic E-state index is 13.6. The highest BCUT2D eigenvalue weighted by molar-refractivity contribution is 5.94. The number of carbonyl (C=O) groups is 3. The Hall–Kier alpha value is -6.44. The number of halogens is 3. The number of carbonyl (C=O) groups excluding carboxylic acids is 3. The van der Waals surface area contributed by atoms with Crippen molar-refractivity contribution in [2.75, 3.05) is 6.54 Å². The molecule has 3 aliphatic rings. The summed E-state index contributed by atoms with van der Waals surface area (Å²) in [6, 6.07) is 16.9. The molecule has 17 nitrogen and oxygen atoms in total. The third-order valence-electron chi connectivity index (χ3n) is 13.5. The number of nitrogens with one attached hydrogen (secondary N) is 3. The molecule has 3 fully saturated rings. The average Bonchev–Trinajstić information content (AvgIpc) is 4.00. The summed E-state index contributed by atoms with van der Waals surface area (Å²) >= 11 is 0. The highest BCUT2D eigenvalue weighted by Crippen LogP contribution is 2.43. The first kappa shape index (κ1) is 50.4. The highest BCUT2D eigenvalue weighted by Gasteiger charge is 2.43. The van der Waals surface area contributed by atoms with E-state index in [9.17, 15) is 37.5 Å². The number of amides is 3. The molecule has 2 bridgehead atoms. The van der Waals surface area contributed by atoms with Gasteiger partial charge < -0.3 is 30.0 Å². The van der Waals surface area contributed by atoms with E-state index in [0.29, 0.717) is 29.6 Å². The third-order valence-corrected chi connectivity index (χ3v) is 13.5. The average molecular weight is 958 g/mol. The van der Waals surface area contributed by atoms with Crippen LogP contribution in [0.4, 0.5) is 13.2 Å². The minimum atomic E-state index is -2.62. The van der Waals surface area contributed by atoms with Gasteiger partial charge in [-0.25, -0.2) is 18.2 Å². The van der Waals surface area contributed by atoms with E-state index in [0.717, 1.165) is 47.6 Å². The first-order chi connectivity index (χ1) is 32.7. The van der Waals surface area contributed by atoms with Gasteiger partial charge in [-0.15, -0.1) is 20.4 Å². The molecule has 1 unspecified atom stereocenters. The van der Waals surface area contributed by atoms with Crippen molar-refractivity contribution in [1.82, 2.24) is 55.4 Å².